The van der Waals surface area contributed by atoms with Gasteiger partial charge in [0.1, 0.15) is 6.10 Å². The van der Waals surface area contributed by atoms with Crippen molar-refractivity contribution in [1.29, 1.82) is 0 Å². The lowest BCUT2D eigenvalue weighted by Crippen LogP contribution is -2.46. The first-order chi connectivity index (χ1) is 11.1. The highest BCUT2D eigenvalue weighted by atomic mass is 16.6. The lowest BCUT2D eigenvalue weighted by atomic mass is 10.0. The predicted octanol–water partition coefficient (Wildman–Crippen LogP) is 3.72. The third kappa shape index (κ3) is 6.32. The molecule has 1 saturated carbocycles. The van der Waals surface area contributed by atoms with Crippen molar-refractivity contribution in [2.45, 2.75) is 96.2 Å². The van der Waals surface area contributed by atoms with Crippen molar-refractivity contribution in [3.8, 4) is 0 Å². The van der Waals surface area contributed by atoms with Gasteiger partial charge in [0.15, 0.2) is 6.29 Å². The van der Waals surface area contributed by atoms with Gasteiger partial charge in [0.2, 0.25) is 5.60 Å². The van der Waals surface area contributed by atoms with E-state index in [1.165, 1.54) is 0 Å². The summed E-state index contributed by atoms with van der Waals surface area (Å²) >= 11 is 0. The van der Waals surface area contributed by atoms with Gasteiger partial charge >= 0.3 is 11.9 Å². The number of unbranched alkanes of at least 4 members (excludes halogenated alkanes) is 4. The van der Waals surface area contributed by atoms with Gasteiger partial charge in [0.05, 0.1) is 0 Å². The second kappa shape index (κ2) is 10.4. The molecular formula is C18H30O5. The third-order valence-electron chi connectivity index (χ3n) is 4.32. The van der Waals surface area contributed by atoms with Gasteiger partial charge in [0, 0.05) is 12.8 Å². The fraction of sp³-hybridized carbons (Fsp3) is 0.833. The molecule has 1 aliphatic rings. The van der Waals surface area contributed by atoms with Crippen molar-refractivity contribution in [2.24, 2.45) is 0 Å². The van der Waals surface area contributed by atoms with Crippen LogP contribution < -0.4 is 0 Å². The van der Waals surface area contributed by atoms with E-state index in [-0.39, 0.29) is 11.9 Å². The molecule has 0 N–H and O–H groups in total. The van der Waals surface area contributed by atoms with Gasteiger partial charge in [-0.3, -0.25) is 14.4 Å². The van der Waals surface area contributed by atoms with E-state index in [0.717, 1.165) is 38.5 Å². The van der Waals surface area contributed by atoms with Crippen LogP contribution in [-0.4, -0.2) is 29.9 Å². The minimum absolute atomic E-state index is 0.306. The highest BCUT2D eigenvalue weighted by Crippen LogP contribution is 2.35. The van der Waals surface area contributed by atoms with Crippen LogP contribution >= 0.6 is 0 Å². The van der Waals surface area contributed by atoms with Crippen LogP contribution in [0, 0.1) is 0 Å². The fourth-order valence-corrected chi connectivity index (χ4v) is 2.92. The SMILES string of the molecule is CCCCCC(=O)OC1CCCC1(C=O)OC(=O)CCCCC. The van der Waals surface area contributed by atoms with Crippen molar-refractivity contribution >= 4 is 18.2 Å². The molecule has 0 radical (unpaired) electrons. The van der Waals surface area contributed by atoms with Gasteiger partial charge in [-0.2, -0.15) is 0 Å². The molecule has 23 heavy (non-hydrogen) atoms. The average molecular weight is 326 g/mol. The summed E-state index contributed by atoms with van der Waals surface area (Å²) in [6.07, 6.45) is 7.92. The van der Waals surface area contributed by atoms with Crippen LogP contribution in [0.25, 0.3) is 0 Å². The van der Waals surface area contributed by atoms with Crippen LogP contribution in [0.2, 0.25) is 0 Å². The largest absolute Gasteiger partial charge is 0.458 e. The molecule has 1 fully saturated rings. The normalized spacial score (nSPS) is 23.5. The van der Waals surface area contributed by atoms with Crippen LogP contribution in [0.1, 0.15) is 84.5 Å². The molecule has 0 aliphatic heterocycles. The Balaban J connectivity index is 2.55. The molecule has 0 bridgehead atoms. The lowest BCUT2D eigenvalue weighted by molar-refractivity contribution is -0.181. The quantitative estimate of drug-likeness (QED) is 0.329. The van der Waals surface area contributed by atoms with E-state index in [0.29, 0.717) is 38.4 Å². The summed E-state index contributed by atoms with van der Waals surface area (Å²) in [6.45, 7) is 4.13. The number of ether oxygens (including phenoxy) is 2. The Morgan fingerprint density at radius 1 is 1.04 bits per heavy atom. The number of aldehydes is 1. The Kier molecular flexibility index (Phi) is 8.89. The van der Waals surface area contributed by atoms with E-state index in [2.05, 4.69) is 13.8 Å². The van der Waals surface area contributed by atoms with Gasteiger partial charge in [-0.1, -0.05) is 39.5 Å². The molecule has 132 valence electrons. The Hall–Kier alpha value is -1.39. The van der Waals surface area contributed by atoms with Gasteiger partial charge in [-0.05, 0) is 32.1 Å². The molecule has 0 aromatic heterocycles. The maximum atomic E-state index is 12.0. The van der Waals surface area contributed by atoms with E-state index in [1.807, 2.05) is 0 Å². The van der Waals surface area contributed by atoms with Gasteiger partial charge in [-0.25, -0.2) is 0 Å². The Morgan fingerprint density at radius 2 is 1.65 bits per heavy atom. The van der Waals surface area contributed by atoms with E-state index in [1.54, 1.807) is 0 Å². The number of rotatable bonds is 11. The van der Waals surface area contributed by atoms with Crippen LogP contribution in [0.15, 0.2) is 0 Å². The molecular weight excluding hydrogens is 296 g/mol. The molecule has 5 heteroatoms. The van der Waals surface area contributed by atoms with E-state index < -0.39 is 11.7 Å². The van der Waals surface area contributed by atoms with Gasteiger partial charge in [0.25, 0.3) is 0 Å². The topological polar surface area (TPSA) is 69.7 Å². The number of hydrogen-bond donors (Lipinski definition) is 0. The maximum Gasteiger partial charge on any atom is 0.306 e. The van der Waals surface area contributed by atoms with E-state index in [4.69, 9.17) is 9.47 Å². The first-order valence-electron chi connectivity index (χ1n) is 8.95. The van der Waals surface area contributed by atoms with Crippen molar-refractivity contribution in [3.63, 3.8) is 0 Å². The molecule has 0 aromatic carbocycles. The van der Waals surface area contributed by atoms with Gasteiger partial charge < -0.3 is 9.47 Å². The molecule has 2 atom stereocenters. The molecule has 1 rings (SSSR count). The summed E-state index contributed by atoms with van der Waals surface area (Å²) in [4.78, 5) is 35.4. The first-order valence-corrected chi connectivity index (χ1v) is 8.95. The van der Waals surface area contributed by atoms with Crippen molar-refractivity contribution in [2.75, 3.05) is 0 Å². The van der Waals surface area contributed by atoms with E-state index in [9.17, 15) is 14.4 Å². The number of carbonyl (C=O) groups excluding carboxylic acids is 3. The standard InChI is InChI=1S/C18H30O5/c1-3-5-7-11-16(20)22-15-10-9-13-18(15,14-19)23-17(21)12-8-6-4-2/h14-15H,3-13H2,1-2H3. The summed E-state index contributed by atoms with van der Waals surface area (Å²) in [5.74, 6) is -0.682. The van der Waals surface area contributed by atoms with Crippen LogP contribution in [0.4, 0.5) is 0 Å². The second-order valence-electron chi connectivity index (χ2n) is 6.33. The Labute approximate surface area is 139 Å². The zero-order valence-electron chi connectivity index (χ0n) is 14.5. The third-order valence-corrected chi connectivity index (χ3v) is 4.32. The van der Waals surface area contributed by atoms with Crippen molar-refractivity contribution in [1.82, 2.24) is 0 Å². The zero-order valence-corrected chi connectivity index (χ0v) is 14.5. The predicted molar refractivity (Wildman–Crippen MR) is 86.9 cm³/mol. The first kappa shape index (κ1) is 19.7. The van der Waals surface area contributed by atoms with Gasteiger partial charge in [-0.15, -0.1) is 0 Å². The number of hydrogen-bond acceptors (Lipinski definition) is 5. The molecule has 0 heterocycles. The Morgan fingerprint density at radius 3 is 2.22 bits per heavy atom. The highest BCUT2D eigenvalue weighted by molar-refractivity contribution is 5.76. The van der Waals surface area contributed by atoms with Crippen LogP contribution in [-0.2, 0) is 23.9 Å². The summed E-state index contributed by atoms with van der Waals surface area (Å²) < 4.78 is 10.9. The monoisotopic (exact) mass is 326 g/mol. The molecule has 0 spiro atoms. The van der Waals surface area contributed by atoms with Crippen LogP contribution in [0.5, 0.6) is 0 Å². The van der Waals surface area contributed by atoms with Crippen LogP contribution in [0.3, 0.4) is 0 Å². The summed E-state index contributed by atoms with van der Waals surface area (Å²) in [5, 5.41) is 0. The lowest BCUT2D eigenvalue weighted by Gasteiger charge is -2.29. The minimum atomic E-state index is -1.27. The van der Waals surface area contributed by atoms with Crippen molar-refractivity contribution < 1.29 is 23.9 Å². The number of esters is 2. The summed E-state index contributed by atoms with van der Waals surface area (Å²) in [5.41, 5.74) is -1.27. The number of carbonyl (C=O) groups is 3. The zero-order chi connectivity index (χ0) is 17.1. The molecule has 0 aromatic rings. The fourth-order valence-electron chi connectivity index (χ4n) is 2.92. The second-order valence-corrected chi connectivity index (χ2v) is 6.33. The molecule has 0 saturated heterocycles. The maximum absolute atomic E-state index is 12.0. The minimum Gasteiger partial charge on any atom is -0.458 e. The molecule has 2 unspecified atom stereocenters. The Bertz CT molecular complexity index is 393. The molecule has 1 aliphatic carbocycles. The summed E-state index contributed by atoms with van der Waals surface area (Å²) in [6, 6.07) is 0. The van der Waals surface area contributed by atoms with Crippen molar-refractivity contribution in [3.05, 3.63) is 0 Å². The average Bonchev–Trinajstić information content (AvgIpc) is 2.90. The molecule has 0 amide bonds. The van der Waals surface area contributed by atoms with E-state index >= 15 is 0 Å². The summed E-state index contributed by atoms with van der Waals surface area (Å²) in [7, 11) is 0. The smallest absolute Gasteiger partial charge is 0.306 e. The highest BCUT2D eigenvalue weighted by Gasteiger charge is 2.49. The molecule has 5 nitrogen and oxygen atoms in total.